The molecule has 1 aliphatic heterocycles. The summed E-state index contributed by atoms with van der Waals surface area (Å²) in [6, 6.07) is 7.23. The van der Waals surface area contributed by atoms with Gasteiger partial charge in [0.25, 0.3) is 0 Å². The van der Waals surface area contributed by atoms with Crippen LogP contribution in [-0.4, -0.2) is 41.8 Å². The summed E-state index contributed by atoms with van der Waals surface area (Å²) in [6.45, 7) is 8.88. The highest BCUT2D eigenvalue weighted by Gasteiger charge is 2.34. The van der Waals surface area contributed by atoms with Crippen molar-refractivity contribution >= 4 is 6.09 Å². The number of amides is 1. The normalized spacial score (nSPS) is 17.0. The van der Waals surface area contributed by atoms with E-state index in [9.17, 15) is 9.18 Å². The number of hydrogen-bond acceptors (Lipinski definition) is 3. The lowest BCUT2D eigenvalue weighted by molar-refractivity contribution is 0.00435. The van der Waals surface area contributed by atoms with E-state index in [4.69, 9.17) is 4.74 Å². The summed E-state index contributed by atoms with van der Waals surface area (Å²) < 4.78 is 18.9. The van der Waals surface area contributed by atoms with Gasteiger partial charge in [-0.2, -0.15) is 0 Å². The lowest BCUT2D eigenvalue weighted by atomic mass is 10.0. The first-order chi connectivity index (χ1) is 10.2. The van der Waals surface area contributed by atoms with Gasteiger partial charge in [-0.05, 0) is 45.7 Å². The molecule has 1 aromatic rings. The van der Waals surface area contributed by atoms with Gasteiger partial charge in [0, 0.05) is 25.2 Å². The minimum Gasteiger partial charge on any atom is -0.444 e. The second-order valence-corrected chi connectivity index (χ2v) is 6.95. The molecule has 1 amide bonds. The van der Waals surface area contributed by atoms with Crippen molar-refractivity contribution in [2.24, 2.45) is 0 Å². The first-order valence-corrected chi connectivity index (χ1v) is 7.72. The molecule has 0 bridgehead atoms. The van der Waals surface area contributed by atoms with E-state index in [1.807, 2.05) is 33.8 Å². The van der Waals surface area contributed by atoms with E-state index in [1.54, 1.807) is 17.0 Å². The van der Waals surface area contributed by atoms with Crippen LogP contribution in [0.1, 0.15) is 33.3 Å². The van der Waals surface area contributed by atoms with Crippen LogP contribution >= 0.6 is 0 Å². The topological polar surface area (TPSA) is 41.6 Å². The maximum Gasteiger partial charge on any atom is 0.410 e. The fraction of sp³-hybridized carbons (Fsp3) is 0.588. The van der Waals surface area contributed by atoms with Gasteiger partial charge in [0.05, 0.1) is 0 Å². The molecule has 1 N–H and O–H groups in total. The average Bonchev–Trinajstić information content (AvgIpc) is 2.34. The maximum atomic E-state index is 13.6. The average molecular weight is 308 g/mol. The molecule has 1 saturated heterocycles. The van der Waals surface area contributed by atoms with Crippen LogP contribution in [0.5, 0.6) is 0 Å². The van der Waals surface area contributed by atoms with Crippen LogP contribution in [0.25, 0.3) is 0 Å². The molecular formula is C17H25FN2O2. The second-order valence-electron chi connectivity index (χ2n) is 6.95. The zero-order valence-electron chi connectivity index (χ0n) is 13.7. The highest BCUT2D eigenvalue weighted by atomic mass is 19.1. The summed E-state index contributed by atoms with van der Waals surface area (Å²) in [7, 11) is 0. The van der Waals surface area contributed by atoms with Crippen LogP contribution < -0.4 is 5.32 Å². The van der Waals surface area contributed by atoms with Gasteiger partial charge in [-0.1, -0.05) is 18.2 Å². The van der Waals surface area contributed by atoms with Crippen molar-refractivity contribution in [2.45, 2.75) is 51.8 Å². The largest absolute Gasteiger partial charge is 0.444 e. The third-order valence-corrected chi connectivity index (χ3v) is 3.54. The first kappa shape index (κ1) is 16.7. The maximum absolute atomic E-state index is 13.6. The van der Waals surface area contributed by atoms with Gasteiger partial charge in [0.1, 0.15) is 11.4 Å². The molecule has 22 heavy (non-hydrogen) atoms. The van der Waals surface area contributed by atoms with E-state index in [1.165, 1.54) is 6.07 Å². The van der Waals surface area contributed by atoms with Crippen LogP contribution in [0, 0.1) is 5.82 Å². The summed E-state index contributed by atoms with van der Waals surface area (Å²) in [5.74, 6) is -0.167. The number of carbonyl (C=O) groups is 1. The van der Waals surface area contributed by atoms with E-state index in [0.717, 1.165) is 0 Å². The van der Waals surface area contributed by atoms with Crippen LogP contribution in [0.4, 0.5) is 9.18 Å². The van der Waals surface area contributed by atoms with Crippen molar-refractivity contribution in [3.63, 3.8) is 0 Å². The Balaban J connectivity index is 1.73. The summed E-state index contributed by atoms with van der Waals surface area (Å²) in [4.78, 5) is 13.5. The van der Waals surface area contributed by atoms with E-state index < -0.39 is 5.60 Å². The molecule has 5 heteroatoms. The lowest BCUT2D eigenvalue weighted by Crippen LogP contribution is -2.62. The minimum atomic E-state index is -0.465. The molecular weight excluding hydrogens is 283 g/mol. The minimum absolute atomic E-state index is 0.155. The number of hydrogen-bond donors (Lipinski definition) is 1. The van der Waals surface area contributed by atoms with E-state index in [2.05, 4.69) is 5.32 Å². The van der Waals surface area contributed by atoms with Gasteiger partial charge >= 0.3 is 6.09 Å². The van der Waals surface area contributed by atoms with Gasteiger partial charge in [-0.25, -0.2) is 9.18 Å². The summed E-state index contributed by atoms with van der Waals surface area (Å²) in [5.41, 5.74) is 0.249. The number of nitrogens with one attached hydrogen (secondary N) is 1. The molecule has 1 atom stereocenters. The third kappa shape index (κ3) is 4.70. The van der Waals surface area contributed by atoms with Crippen molar-refractivity contribution in [3.05, 3.63) is 35.6 Å². The van der Waals surface area contributed by atoms with E-state index in [-0.39, 0.29) is 24.0 Å². The Morgan fingerprint density at radius 2 is 2.05 bits per heavy atom. The van der Waals surface area contributed by atoms with Crippen molar-refractivity contribution < 1.29 is 13.9 Å². The Kier molecular flexibility index (Phi) is 5.06. The molecule has 0 saturated carbocycles. The quantitative estimate of drug-likeness (QED) is 0.930. The van der Waals surface area contributed by atoms with Crippen molar-refractivity contribution in [1.29, 1.82) is 0 Å². The van der Waals surface area contributed by atoms with Crippen LogP contribution in [0.2, 0.25) is 0 Å². The molecule has 4 nitrogen and oxygen atoms in total. The zero-order valence-corrected chi connectivity index (χ0v) is 13.7. The first-order valence-electron chi connectivity index (χ1n) is 7.72. The number of carbonyl (C=O) groups excluding carboxylic acids is 1. The highest BCUT2D eigenvalue weighted by molar-refractivity contribution is 5.69. The number of nitrogens with zero attached hydrogens (tertiary/aromatic N) is 1. The molecule has 1 fully saturated rings. The molecule has 1 heterocycles. The molecule has 0 aromatic heterocycles. The zero-order chi connectivity index (χ0) is 16.3. The van der Waals surface area contributed by atoms with E-state index in [0.29, 0.717) is 25.1 Å². The van der Waals surface area contributed by atoms with Gasteiger partial charge in [0.15, 0.2) is 0 Å². The smallest absolute Gasteiger partial charge is 0.410 e. The number of ether oxygens (including phenoxy) is 1. The molecule has 2 rings (SSSR count). The number of rotatable bonds is 4. The fourth-order valence-corrected chi connectivity index (χ4v) is 2.51. The van der Waals surface area contributed by atoms with Gasteiger partial charge in [-0.15, -0.1) is 0 Å². The van der Waals surface area contributed by atoms with E-state index >= 15 is 0 Å². The number of benzene rings is 1. The number of halogens is 1. The van der Waals surface area contributed by atoms with Crippen molar-refractivity contribution in [3.8, 4) is 0 Å². The fourth-order valence-electron chi connectivity index (χ4n) is 2.51. The molecule has 122 valence electrons. The van der Waals surface area contributed by atoms with Gasteiger partial charge in [0.2, 0.25) is 0 Å². The predicted octanol–water partition coefficient (Wildman–Crippen LogP) is 2.97. The molecule has 1 aromatic carbocycles. The molecule has 1 aliphatic rings. The van der Waals surface area contributed by atoms with Gasteiger partial charge in [-0.3, -0.25) is 0 Å². The third-order valence-electron chi connectivity index (χ3n) is 3.54. The molecule has 0 radical (unpaired) electrons. The Morgan fingerprint density at radius 3 is 2.64 bits per heavy atom. The Morgan fingerprint density at radius 1 is 1.41 bits per heavy atom. The van der Waals surface area contributed by atoms with Crippen molar-refractivity contribution in [1.82, 2.24) is 10.2 Å². The van der Waals surface area contributed by atoms with Crippen LogP contribution in [0.15, 0.2) is 24.3 Å². The summed E-state index contributed by atoms with van der Waals surface area (Å²) in [6.07, 6.45) is 0.364. The lowest BCUT2D eigenvalue weighted by Gasteiger charge is -2.41. The molecule has 0 spiro atoms. The molecule has 1 unspecified atom stereocenters. The SMILES string of the molecule is CC(Cc1ccccc1F)NC1CN(C(=O)OC(C)(C)C)C1. The second kappa shape index (κ2) is 6.65. The van der Waals surface area contributed by atoms with Crippen LogP contribution in [-0.2, 0) is 11.2 Å². The predicted molar refractivity (Wildman–Crippen MR) is 84.3 cm³/mol. The Bertz CT molecular complexity index is 522. The summed E-state index contributed by atoms with van der Waals surface area (Å²) in [5, 5.41) is 3.42. The van der Waals surface area contributed by atoms with Crippen LogP contribution in [0.3, 0.4) is 0 Å². The summed E-state index contributed by atoms with van der Waals surface area (Å²) >= 11 is 0. The van der Waals surface area contributed by atoms with Crippen molar-refractivity contribution in [2.75, 3.05) is 13.1 Å². The molecule has 0 aliphatic carbocycles. The standard InChI is InChI=1S/C17H25FN2O2/c1-12(9-13-7-5-6-8-15(13)18)19-14-10-20(11-14)16(21)22-17(2,3)4/h5-8,12,14,19H,9-11H2,1-4H3. The van der Waals surface area contributed by atoms with Gasteiger partial charge < -0.3 is 15.0 Å². The Hall–Kier alpha value is -1.62. The number of likely N-dealkylation sites (tertiary alicyclic amines) is 1. The highest BCUT2D eigenvalue weighted by Crippen LogP contribution is 2.16. The Labute approximate surface area is 131 Å². The monoisotopic (exact) mass is 308 g/mol.